The number of anilines is 1. The van der Waals surface area contributed by atoms with Crippen LogP contribution in [-0.4, -0.2) is 0 Å². The van der Waals surface area contributed by atoms with Gasteiger partial charge in [-0.1, -0.05) is 48.5 Å². The molecule has 0 spiro atoms. The lowest BCUT2D eigenvalue weighted by atomic mass is 10.1. The summed E-state index contributed by atoms with van der Waals surface area (Å²) in [5.74, 6) is 0. The molecule has 0 atom stereocenters. The van der Waals surface area contributed by atoms with Gasteiger partial charge in [0.1, 0.15) is 0 Å². The third-order valence-electron chi connectivity index (χ3n) is 2.57. The first-order chi connectivity index (χ1) is 8.88. The van der Waals surface area contributed by atoms with Crippen molar-refractivity contribution in [1.82, 2.24) is 0 Å². The second-order valence-electron chi connectivity index (χ2n) is 3.95. The van der Waals surface area contributed by atoms with Crippen LogP contribution in [0.1, 0.15) is 5.56 Å². The smallest absolute Gasteiger partial charge is 0.0965 e. The largest absolute Gasteiger partial charge is 0.361 e. The molecule has 0 aliphatic heterocycles. The highest BCUT2D eigenvalue weighted by Crippen LogP contribution is 2.09. The number of benzene rings is 2. The van der Waals surface area contributed by atoms with Gasteiger partial charge in [-0.25, -0.2) is 0 Å². The average molecular weight is 234 g/mol. The van der Waals surface area contributed by atoms with Crippen molar-refractivity contribution >= 4 is 5.69 Å². The Morgan fingerprint density at radius 2 is 1.61 bits per heavy atom. The van der Waals surface area contributed by atoms with Gasteiger partial charge < -0.3 is 5.32 Å². The fourth-order valence-electron chi connectivity index (χ4n) is 1.64. The minimum absolute atomic E-state index is 0.650. The summed E-state index contributed by atoms with van der Waals surface area (Å²) in [6, 6.07) is 22.0. The van der Waals surface area contributed by atoms with Gasteiger partial charge in [0, 0.05) is 23.9 Å². The SMILES string of the molecule is N#C/C(=C\Nc1ccccc1)Cc1ccccc1. The zero-order valence-corrected chi connectivity index (χ0v) is 10.0. The molecule has 0 aliphatic carbocycles. The first kappa shape index (κ1) is 11.9. The monoisotopic (exact) mass is 234 g/mol. The number of hydrogen-bond acceptors (Lipinski definition) is 2. The molecule has 2 nitrogen and oxygen atoms in total. The predicted octanol–water partition coefficient (Wildman–Crippen LogP) is 3.75. The van der Waals surface area contributed by atoms with Crippen LogP contribution >= 0.6 is 0 Å². The van der Waals surface area contributed by atoms with Crippen molar-refractivity contribution in [3.05, 3.63) is 78.0 Å². The van der Waals surface area contributed by atoms with E-state index in [4.69, 9.17) is 5.26 Å². The lowest BCUT2D eigenvalue weighted by Gasteiger charge is -2.02. The third kappa shape index (κ3) is 3.50. The molecular weight excluding hydrogens is 220 g/mol. The summed E-state index contributed by atoms with van der Waals surface area (Å²) >= 11 is 0. The van der Waals surface area contributed by atoms with Gasteiger partial charge in [0.2, 0.25) is 0 Å². The maximum absolute atomic E-state index is 9.11. The Bertz CT molecular complexity index is 551. The van der Waals surface area contributed by atoms with E-state index >= 15 is 0 Å². The molecule has 0 saturated heterocycles. The normalized spacial score (nSPS) is 10.7. The Morgan fingerprint density at radius 1 is 1.00 bits per heavy atom. The van der Waals surface area contributed by atoms with Gasteiger partial charge in [-0.15, -0.1) is 0 Å². The summed E-state index contributed by atoms with van der Waals surface area (Å²) < 4.78 is 0. The van der Waals surface area contributed by atoms with E-state index in [0.29, 0.717) is 12.0 Å². The molecular formula is C16H14N2. The molecule has 2 aromatic rings. The van der Waals surface area contributed by atoms with Gasteiger partial charge in [-0.05, 0) is 17.7 Å². The summed E-state index contributed by atoms with van der Waals surface area (Å²) in [5, 5.41) is 12.2. The third-order valence-corrected chi connectivity index (χ3v) is 2.57. The molecule has 0 aromatic heterocycles. The van der Waals surface area contributed by atoms with Gasteiger partial charge in [0.05, 0.1) is 6.07 Å². The second-order valence-corrected chi connectivity index (χ2v) is 3.95. The van der Waals surface area contributed by atoms with Crippen LogP contribution in [0, 0.1) is 11.3 Å². The lowest BCUT2D eigenvalue weighted by molar-refractivity contribution is 1.19. The minimum Gasteiger partial charge on any atom is -0.361 e. The highest BCUT2D eigenvalue weighted by Gasteiger charge is 1.98. The molecule has 18 heavy (non-hydrogen) atoms. The summed E-state index contributed by atoms with van der Waals surface area (Å²) in [7, 11) is 0. The highest BCUT2D eigenvalue weighted by atomic mass is 14.8. The van der Waals surface area contributed by atoms with E-state index in [0.717, 1.165) is 11.3 Å². The van der Waals surface area contributed by atoms with E-state index < -0.39 is 0 Å². The molecule has 2 rings (SSSR count). The fourth-order valence-corrected chi connectivity index (χ4v) is 1.64. The standard InChI is InChI=1S/C16H14N2/c17-12-15(11-14-7-3-1-4-8-14)13-18-16-9-5-2-6-10-16/h1-10,13,18H,11H2/b15-13-. The molecule has 0 radical (unpaired) electrons. The van der Waals surface area contributed by atoms with E-state index in [9.17, 15) is 0 Å². The summed E-state index contributed by atoms with van der Waals surface area (Å²) in [5.41, 5.74) is 2.84. The highest BCUT2D eigenvalue weighted by molar-refractivity contribution is 5.47. The summed E-state index contributed by atoms with van der Waals surface area (Å²) in [6.07, 6.45) is 2.42. The zero-order valence-electron chi connectivity index (χ0n) is 10.0. The Hall–Kier alpha value is -2.53. The van der Waals surface area contributed by atoms with Crippen LogP contribution in [0.25, 0.3) is 0 Å². The zero-order chi connectivity index (χ0) is 12.6. The van der Waals surface area contributed by atoms with Crippen molar-refractivity contribution in [2.45, 2.75) is 6.42 Å². The van der Waals surface area contributed by atoms with E-state index in [1.807, 2.05) is 60.7 Å². The Morgan fingerprint density at radius 3 is 2.22 bits per heavy atom. The van der Waals surface area contributed by atoms with Gasteiger partial charge >= 0.3 is 0 Å². The van der Waals surface area contributed by atoms with Crippen LogP contribution in [-0.2, 0) is 6.42 Å². The van der Waals surface area contributed by atoms with Crippen molar-refractivity contribution in [3.63, 3.8) is 0 Å². The number of nitriles is 1. The van der Waals surface area contributed by atoms with Crippen LogP contribution < -0.4 is 5.32 Å². The van der Waals surface area contributed by atoms with Crippen molar-refractivity contribution in [2.75, 3.05) is 5.32 Å². The van der Waals surface area contributed by atoms with Crippen LogP contribution in [0.5, 0.6) is 0 Å². The molecule has 88 valence electrons. The first-order valence-corrected chi connectivity index (χ1v) is 5.83. The Labute approximate surface area is 107 Å². The van der Waals surface area contributed by atoms with E-state index in [1.165, 1.54) is 0 Å². The Kier molecular flexibility index (Phi) is 4.16. The number of hydrogen-bond donors (Lipinski definition) is 1. The van der Waals surface area contributed by atoms with Crippen LogP contribution in [0.2, 0.25) is 0 Å². The number of nitrogens with one attached hydrogen (secondary N) is 1. The van der Waals surface area contributed by atoms with E-state index in [-0.39, 0.29) is 0 Å². The molecule has 0 amide bonds. The molecule has 1 N–H and O–H groups in total. The van der Waals surface area contributed by atoms with Gasteiger partial charge in [0.25, 0.3) is 0 Å². The van der Waals surface area contributed by atoms with Crippen molar-refractivity contribution in [3.8, 4) is 6.07 Å². The number of allylic oxidation sites excluding steroid dienone is 1. The number of rotatable bonds is 4. The van der Waals surface area contributed by atoms with Gasteiger partial charge in [-0.2, -0.15) is 5.26 Å². The Balaban J connectivity index is 2.04. The van der Waals surface area contributed by atoms with Crippen LogP contribution in [0.15, 0.2) is 72.4 Å². The predicted molar refractivity (Wildman–Crippen MR) is 73.9 cm³/mol. The van der Waals surface area contributed by atoms with Crippen molar-refractivity contribution in [1.29, 1.82) is 5.26 Å². The van der Waals surface area contributed by atoms with Crippen LogP contribution in [0.3, 0.4) is 0 Å². The van der Waals surface area contributed by atoms with Gasteiger partial charge in [0.15, 0.2) is 0 Å². The average Bonchev–Trinajstić information content (AvgIpc) is 2.45. The quantitative estimate of drug-likeness (QED) is 0.818. The summed E-state index contributed by atoms with van der Waals surface area (Å²) in [6.45, 7) is 0. The minimum atomic E-state index is 0.650. The maximum Gasteiger partial charge on any atom is 0.0965 e. The molecule has 0 fully saturated rings. The molecule has 0 unspecified atom stereocenters. The summed E-state index contributed by atoms with van der Waals surface area (Å²) in [4.78, 5) is 0. The molecule has 2 aromatic carbocycles. The molecule has 0 aliphatic rings. The number of nitrogens with zero attached hydrogens (tertiary/aromatic N) is 1. The van der Waals surface area contributed by atoms with Crippen molar-refractivity contribution in [2.24, 2.45) is 0 Å². The van der Waals surface area contributed by atoms with Crippen LogP contribution in [0.4, 0.5) is 5.69 Å². The molecule has 0 saturated carbocycles. The fraction of sp³-hybridized carbons (Fsp3) is 0.0625. The first-order valence-electron chi connectivity index (χ1n) is 5.83. The van der Waals surface area contributed by atoms with Crippen molar-refractivity contribution < 1.29 is 0 Å². The molecule has 2 heteroatoms. The molecule has 0 heterocycles. The van der Waals surface area contributed by atoms with Gasteiger partial charge in [-0.3, -0.25) is 0 Å². The maximum atomic E-state index is 9.11. The van der Waals surface area contributed by atoms with E-state index in [2.05, 4.69) is 11.4 Å². The lowest BCUT2D eigenvalue weighted by Crippen LogP contribution is -1.94. The van der Waals surface area contributed by atoms with E-state index in [1.54, 1.807) is 6.20 Å². The molecule has 0 bridgehead atoms. The number of para-hydroxylation sites is 1. The second kappa shape index (κ2) is 6.27. The topological polar surface area (TPSA) is 35.8 Å².